The van der Waals surface area contributed by atoms with Crippen LogP contribution in [-0.2, 0) is 4.79 Å². The Morgan fingerprint density at radius 3 is 1.96 bits per heavy atom. The van der Waals surface area contributed by atoms with Crippen LogP contribution < -0.4 is 20.1 Å². The maximum atomic E-state index is 12.5. The van der Waals surface area contributed by atoms with E-state index in [-0.39, 0.29) is 17.9 Å². The number of carbonyl (C=O) groups is 1. The molecule has 1 heterocycles. The molecule has 1 aliphatic heterocycles. The first kappa shape index (κ1) is 21.8. The van der Waals surface area contributed by atoms with Gasteiger partial charge in [0.25, 0.3) is 0 Å². The maximum Gasteiger partial charge on any atom is 0.228 e. The van der Waals surface area contributed by atoms with Crippen molar-refractivity contribution in [2.45, 2.75) is 39.2 Å². The standard InChI is InChI=1S/C19H21NO3.C4H11N/c1-4-13-14-10-16(22-2)17(23-3)11-15(14)18(20-19(13)21)12-8-6-5-7-9-12;1-3-5-4-2/h5-11,13,18H,4H2,1-3H3,(H,20,21);5H,3-4H2,1-2H3. The molecule has 0 fully saturated rings. The summed E-state index contributed by atoms with van der Waals surface area (Å²) in [6.07, 6.45) is 0.746. The van der Waals surface area contributed by atoms with Crippen molar-refractivity contribution in [3.8, 4) is 11.5 Å². The molecule has 2 N–H and O–H groups in total. The SMILES string of the molecule is CCC1C(=O)NC(c2ccccc2)c2cc(OC)c(OC)cc21.CCNCC. The van der Waals surface area contributed by atoms with Crippen LogP contribution in [0, 0.1) is 0 Å². The lowest BCUT2D eigenvalue weighted by Crippen LogP contribution is -2.39. The molecule has 5 nitrogen and oxygen atoms in total. The summed E-state index contributed by atoms with van der Waals surface area (Å²) in [5.41, 5.74) is 3.15. The second-order valence-electron chi connectivity index (χ2n) is 6.61. The largest absolute Gasteiger partial charge is 0.493 e. The van der Waals surface area contributed by atoms with Crippen molar-refractivity contribution < 1.29 is 14.3 Å². The Balaban J connectivity index is 0.000000500. The molecule has 0 saturated carbocycles. The number of fused-ring (bicyclic) bond motifs is 1. The minimum atomic E-state index is -0.165. The van der Waals surface area contributed by atoms with Crippen LogP contribution in [0.1, 0.15) is 55.8 Å². The van der Waals surface area contributed by atoms with Gasteiger partial charge in [-0.15, -0.1) is 0 Å². The van der Waals surface area contributed by atoms with Gasteiger partial charge in [0, 0.05) is 0 Å². The molecular weight excluding hydrogens is 352 g/mol. The van der Waals surface area contributed by atoms with Crippen molar-refractivity contribution in [3.05, 3.63) is 59.2 Å². The summed E-state index contributed by atoms with van der Waals surface area (Å²) in [6, 6.07) is 13.7. The molecule has 0 radical (unpaired) electrons. The van der Waals surface area contributed by atoms with E-state index in [0.29, 0.717) is 11.5 Å². The van der Waals surface area contributed by atoms with Gasteiger partial charge in [-0.25, -0.2) is 0 Å². The van der Waals surface area contributed by atoms with Gasteiger partial charge in [-0.3, -0.25) is 4.79 Å². The van der Waals surface area contributed by atoms with Crippen molar-refractivity contribution in [2.24, 2.45) is 0 Å². The summed E-state index contributed by atoms with van der Waals surface area (Å²) >= 11 is 0. The molecule has 0 saturated heterocycles. The predicted octanol–water partition coefficient (Wildman–Crippen LogP) is 4.03. The monoisotopic (exact) mass is 384 g/mol. The van der Waals surface area contributed by atoms with Gasteiger partial charge < -0.3 is 20.1 Å². The molecule has 0 aromatic heterocycles. The zero-order valence-corrected chi connectivity index (χ0v) is 17.5. The smallest absolute Gasteiger partial charge is 0.228 e. The van der Waals surface area contributed by atoms with Crippen LogP contribution in [0.5, 0.6) is 11.5 Å². The lowest BCUT2D eigenvalue weighted by molar-refractivity contribution is -0.123. The van der Waals surface area contributed by atoms with Crippen molar-refractivity contribution >= 4 is 5.91 Å². The number of amides is 1. The molecule has 2 atom stereocenters. The molecule has 2 aromatic carbocycles. The molecule has 5 heteroatoms. The van der Waals surface area contributed by atoms with Gasteiger partial charge in [0.1, 0.15) is 0 Å². The van der Waals surface area contributed by atoms with Gasteiger partial charge in [0.15, 0.2) is 11.5 Å². The van der Waals surface area contributed by atoms with Crippen LogP contribution in [0.25, 0.3) is 0 Å². The highest BCUT2D eigenvalue weighted by Crippen LogP contribution is 2.42. The van der Waals surface area contributed by atoms with E-state index in [1.807, 2.05) is 49.4 Å². The first-order valence-electron chi connectivity index (χ1n) is 9.92. The van der Waals surface area contributed by atoms with Crippen molar-refractivity contribution in [2.75, 3.05) is 27.3 Å². The number of ether oxygens (including phenoxy) is 2. The van der Waals surface area contributed by atoms with Gasteiger partial charge >= 0.3 is 0 Å². The van der Waals surface area contributed by atoms with Gasteiger partial charge in [0.2, 0.25) is 5.91 Å². The molecule has 28 heavy (non-hydrogen) atoms. The highest BCUT2D eigenvalue weighted by Gasteiger charge is 2.34. The van der Waals surface area contributed by atoms with Crippen LogP contribution in [-0.4, -0.2) is 33.2 Å². The molecule has 152 valence electrons. The van der Waals surface area contributed by atoms with E-state index in [0.717, 1.165) is 36.2 Å². The third kappa shape index (κ3) is 4.84. The molecule has 2 aromatic rings. The number of benzene rings is 2. The Labute approximate surface area is 168 Å². The fraction of sp³-hybridized carbons (Fsp3) is 0.435. The van der Waals surface area contributed by atoms with Crippen LogP contribution in [0.2, 0.25) is 0 Å². The van der Waals surface area contributed by atoms with E-state index >= 15 is 0 Å². The summed E-state index contributed by atoms with van der Waals surface area (Å²) in [6.45, 7) is 8.41. The van der Waals surface area contributed by atoms with Crippen molar-refractivity contribution in [1.29, 1.82) is 0 Å². The molecule has 0 aliphatic carbocycles. The number of hydrogen-bond donors (Lipinski definition) is 2. The lowest BCUT2D eigenvalue weighted by atomic mass is 9.82. The first-order valence-corrected chi connectivity index (χ1v) is 9.92. The van der Waals surface area contributed by atoms with Gasteiger partial charge in [-0.05, 0) is 48.3 Å². The van der Waals surface area contributed by atoms with Gasteiger partial charge in [-0.1, -0.05) is 51.1 Å². The fourth-order valence-electron chi connectivity index (χ4n) is 3.49. The summed E-state index contributed by atoms with van der Waals surface area (Å²) in [5, 5.41) is 6.25. The van der Waals surface area contributed by atoms with Crippen LogP contribution >= 0.6 is 0 Å². The van der Waals surface area contributed by atoms with Crippen LogP contribution in [0.4, 0.5) is 0 Å². The van der Waals surface area contributed by atoms with Crippen LogP contribution in [0.3, 0.4) is 0 Å². The maximum absolute atomic E-state index is 12.5. The molecule has 3 rings (SSSR count). The normalized spacial score (nSPS) is 17.7. The Hall–Kier alpha value is -2.53. The average Bonchev–Trinajstić information content (AvgIpc) is 2.74. The number of rotatable bonds is 6. The number of methoxy groups -OCH3 is 2. The second-order valence-corrected chi connectivity index (χ2v) is 6.61. The van der Waals surface area contributed by atoms with E-state index in [4.69, 9.17) is 9.47 Å². The summed E-state index contributed by atoms with van der Waals surface area (Å²) < 4.78 is 10.9. The Morgan fingerprint density at radius 2 is 1.50 bits per heavy atom. The Morgan fingerprint density at radius 1 is 0.929 bits per heavy atom. The summed E-state index contributed by atoms with van der Waals surface area (Å²) in [4.78, 5) is 12.5. The third-order valence-electron chi connectivity index (χ3n) is 4.92. The fourth-order valence-corrected chi connectivity index (χ4v) is 3.49. The molecular formula is C23H32N2O3. The molecule has 0 spiro atoms. The Bertz CT molecular complexity index is 760. The zero-order valence-electron chi connectivity index (χ0n) is 17.5. The minimum absolute atomic E-state index is 0.0565. The Kier molecular flexibility index (Phi) is 8.33. The van der Waals surface area contributed by atoms with E-state index in [1.165, 1.54) is 0 Å². The third-order valence-corrected chi connectivity index (χ3v) is 4.92. The first-order chi connectivity index (χ1) is 13.6. The second kappa shape index (κ2) is 10.7. The molecule has 2 unspecified atom stereocenters. The molecule has 0 bridgehead atoms. The van der Waals surface area contributed by atoms with E-state index in [1.54, 1.807) is 14.2 Å². The highest BCUT2D eigenvalue weighted by atomic mass is 16.5. The number of nitrogens with one attached hydrogen (secondary N) is 2. The molecule has 1 amide bonds. The van der Waals surface area contributed by atoms with E-state index in [2.05, 4.69) is 24.5 Å². The van der Waals surface area contributed by atoms with Crippen LogP contribution in [0.15, 0.2) is 42.5 Å². The lowest BCUT2D eigenvalue weighted by Gasteiger charge is -2.32. The van der Waals surface area contributed by atoms with Gasteiger partial charge in [0.05, 0.1) is 26.2 Å². The van der Waals surface area contributed by atoms with Crippen molar-refractivity contribution in [3.63, 3.8) is 0 Å². The molecule has 1 aliphatic rings. The average molecular weight is 385 g/mol. The quantitative estimate of drug-likeness (QED) is 0.789. The van der Waals surface area contributed by atoms with E-state index < -0.39 is 0 Å². The van der Waals surface area contributed by atoms with Crippen molar-refractivity contribution in [1.82, 2.24) is 10.6 Å². The highest BCUT2D eigenvalue weighted by molar-refractivity contribution is 5.87. The number of carbonyl (C=O) groups excluding carboxylic acids is 1. The minimum Gasteiger partial charge on any atom is -0.493 e. The number of hydrogen-bond acceptors (Lipinski definition) is 4. The van der Waals surface area contributed by atoms with Gasteiger partial charge in [-0.2, -0.15) is 0 Å². The zero-order chi connectivity index (χ0) is 20.5. The summed E-state index contributed by atoms with van der Waals surface area (Å²) in [5.74, 6) is 1.23. The predicted molar refractivity (Wildman–Crippen MR) is 113 cm³/mol. The van der Waals surface area contributed by atoms with E-state index in [9.17, 15) is 4.79 Å². The summed E-state index contributed by atoms with van der Waals surface area (Å²) in [7, 11) is 3.24. The topological polar surface area (TPSA) is 59.6 Å².